The Kier molecular flexibility index (Phi) is 5.83. The molecule has 3 fully saturated rings. The molecule has 2 aromatic carbocycles. The number of hydrogen-bond acceptors (Lipinski definition) is 5. The van der Waals surface area contributed by atoms with Crippen LogP contribution in [0.25, 0.3) is 0 Å². The molecule has 196 valence electrons. The monoisotopic (exact) mass is 616 g/mol. The van der Waals surface area contributed by atoms with Crippen LogP contribution in [0.2, 0.25) is 0 Å². The summed E-state index contributed by atoms with van der Waals surface area (Å²) >= 11 is 17.6. The van der Waals surface area contributed by atoms with E-state index in [4.69, 9.17) is 23.2 Å². The summed E-state index contributed by atoms with van der Waals surface area (Å²) in [4.78, 5) is 53.2. The maximum absolute atomic E-state index is 13.9. The molecule has 4 aliphatic rings. The predicted molar refractivity (Wildman–Crippen MR) is 145 cm³/mol. The van der Waals surface area contributed by atoms with Gasteiger partial charge in [0.1, 0.15) is 5.75 Å². The summed E-state index contributed by atoms with van der Waals surface area (Å²) in [5.41, 5.74) is 1.94. The van der Waals surface area contributed by atoms with Gasteiger partial charge in [0, 0.05) is 11.5 Å². The maximum Gasteiger partial charge on any atom is 0.254 e. The summed E-state index contributed by atoms with van der Waals surface area (Å²) in [6, 6.07) is 13.8. The van der Waals surface area contributed by atoms with Gasteiger partial charge in [-0.05, 0) is 43.4 Å². The number of aryl methyl sites for hydroxylation is 1. The third-order valence-corrected chi connectivity index (χ3v) is 10.5. The Morgan fingerprint density at radius 2 is 1.68 bits per heavy atom. The van der Waals surface area contributed by atoms with Crippen molar-refractivity contribution < 1.29 is 24.3 Å². The van der Waals surface area contributed by atoms with Crippen molar-refractivity contribution in [2.75, 3.05) is 10.4 Å². The van der Waals surface area contributed by atoms with Crippen LogP contribution in [-0.2, 0) is 19.2 Å². The number of carbonyl (C=O) groups excluding carboxylic acids is 4. The molecule has 2 heterocycles. The molecule has 10 heteroatoms. The number of likely N-dealkylation sites (tertiary alicyclic amines) is 1. The lowest BCUT2D eigenvalue weighted by Gasteiger charge is -2.50. The van der Waals surface area contributed by atoms with E-state index in [1.807, 2.05) is 6.08 Å². The Morgan fingerprint density at radius 3 is 2.37 bits per heavy atom. The first-order chi connectivity index (χ1) is 18.1. The Balaban J connectivity index is 1.55. The first-order valence-electron chi connectivity index (χ1n) is 12.3. The molecule has 4 amide bonds. The molecular formula is C28H23BrCl2N2O5. The van der Waals surface area contributed by atoms with Crippen molar-refractivity contribution in [1.82, 2.24) is 4.90 Å². The second-order valence-electron chi connectivity index (χ2n) is 10.3. The van der Waals surface area contributed by atoms with Crippen molar-refractivity contribution in [2.45, 2.75) is 35.4 Å². The summed E-state index contributed by atoms with van der Waals surface area (Å²) in [5, 5.41) is 11.1. The molecule has 38 heavy (non-hydrogen) atoms. The van der Waals surface area contributed by atoms with E-state index in [9.17, 15) is 24.3 Å². The zero-order valence-corrected chi connectivity index (χ0v) is 23.3. The van der Waals surface area contributed by atoms with Gasteiger partial charge in [0.2, 0.25) is 11.8 Å². The van der Waals surface area contributed by atoms with E-state index in [0.29, 0.717) is 22.4 Å². The highest BCUT2D eigenvalue weighted by atomic mass is 79.9. The van der Waals surface area contributed by atoms with Crippen LogP contribution in [-0.4, -0.2) is 48.8 Å². The van der Waals surface area contributed by atoms with Crippen LogP contribution in [0.5, 0.6) is 5.75 Å². The van der Waals surface area contributed by atoms with E-state index in [-0.39, 0.29) is 35.9 Å². The number of fused-ring (bicyclic) bond motifs is 4. The van der Waals surface area contributed by atoms with Crippen LogP contribution in [0.3, 0.4) is 0 Å². The molecule has 0 spiro atoms. The maximum atomic E-state index is 13.9. The van der Waals surface area contributed by atoms with E-state index in [2.05, 4.69) is 15.9 Å². The van der Waals surface area contributed by atoms with Gasteiger partial charge in [-0.3, -0.25) is 29.0 Å². The molecule has 6 atom stereocenters. The summed E-state index contributed by atoms with van der Waals surface area (Å²) in [7, 11) is 0. The molecule has 7 nitrogen and oxygen atoms in total. The molecular weight excluding hydrogens is 595 g/mol. The van der Waals surface area contributed by atoms with Gasteiger partial charge in [-0.1, -0.05) is 64.0 Å². The van der Waals surface area contributed by atoms with Gasteiger partial charge in [0.05, 0.1) is 23.0 Å². The minimum Gasteiger partial charge on any atom is -0.507 e. The third-order valence-electron chi connectivity index (χ3n) is 8.61. The van der Waals surface area contributed by atoms with Gasteiger partial charge >= 0.3 is 0 Å². The molecule has 2 aliphatic heterocycles. The van der Waals surface area contributed by atoms with E-state index in [0.717, 1.165) is 4.90 Å². The van der Waals surface area contributed by atoms with Gasteiger partial charge in [-0.15, -0.1) is 23.2 Å². The van der Waals surface area contributed by atoms with Gasteiger partial charge in [0.15, 0.2) is 9.75 Å². The number of rotatable bonds is 3. The number of allylic oxidation sites excluding steroid dienone is 2. The molecule has 1 N–H and O–H groups in total. The Bertz CT molecular complexity index is 1450. The Hall–Kier alpha value is -2.68. The number of phenols is 1. The highest BCUT2D eigenvalue weighted by molar-refractivity contribution is 9.09. The van der Waals surface area contributed by atoms with E-state index >= 15 is 0 Å². The highest BCUT2D eigenvalue weighted by Crippen LogP contribution is 2.66. The molecule has 0 radical (unpaired) electrons. The number of aromatic hydroxyl groups is 1. The van der Waals surface area contributed by atoms with Crippen molar-refractivity contribution in [2.24, 2.45) is 17.8 Å². The number of para-hydroxylation sites is 2. The predicted octanol–water partition coefficient (Wildman–Crippen LogP) is 4.62. The number of imide groups is 2. The fraction of sp³-hybridized carbons (Fsp3) is 0.357. The quantitative estimate of drug-likeness (QED) is 0.235. The summed E-state index contributed by atoms with van der Waals surface area (Å²) in [6.45, 7) is 1.72. The average Bonchev–Trinajstić information content (AvgIpc) is 3.24. The number of phenolic OH excluding ortho intramolecular Hbond substituents is 1. The SMILES string of the molecule is Cc1cccc(C2C3=CCC4C(=O)N(c5ccccc5)C(=O)C4C3CC3(Cl)C(=O)N(CBr)C(=O)C23Cl)c1O. The van der Waals surface area contributed by atoms with Crippen molar-refractivity contribution in [3.8, 4) is 5.75 Å². The number of carbonyl (C=O) groups is 4. The third kappa shape index (κ3) is 3.08. The molecule has 0 bridgehead atoms. The number of halogens is 3. The van der Waals surface area contributed by atoms with Crippen molar-refractivity contribution in [3.63, 3.8) is 0 Å². The van der Waals surface area contributed by atoms with Crippen LogP contribution in [0.1, 0.15) is 29.9 Å². The molecule has 6 rings (SSSR count). The lowest BCUT2D eigenvalue weighted by molar-refractivity contribution is -0.138. The highest BCUT2D eigenvalue weighted by Gasteiger charge is 2.76. The fourth-order valence-electron chi connectivity index (χ4n) is 6.84. The number of benzene rings is 2. The summed E-state index contributed by atoms with van der Waals surface area (Å²) in [6.07, 6.45) is 2.02. The van der Waals surface area contributed by atoms with Gasteiger partial charge in [-0.25, -0.2) is 0 Å². The number of alkyl halides is 3. The van der Waals surface area contributed by atoms with Crippen molar-refractivity contribution in [1.29, 1.82) is 0 Å². The number of anilines is 1. The molecule has 1 saturated carbocycles. The summed E-state index contributed by atoms with van der Waals surface area (Å²) in [5.74, 6) is -5.10. The molecule has 2 saturated heterocycles. The first-order valence-corrected chi connectivity index (χ1v) is 14.2. The number of amides is 4. The van der Waals surface area contributed by atoms with Gasteiger partial charge < -0.3 is 5.11 Å². The summed E-state index contributed by atoms with van der Waals surface area (Å²) < 4.78 is 0. The number of nitrogens with zero attached hydrogens (tertiary/aromatic N) is 2. The zero-order chi connectivity index (χ0) is 27.1. The zero-order valence-electron chi connectivity index (χ0n) is 20.2. The smallest absolute Gasteiger partial charge is 0.254 e. The van der Waals surface area contributed by atoms with Gasteiger partial charge in [-0.2, -0.15) is 0 Å². The van der Waals surface area contributed by atoms with Crippen LogP contribution in [0.4, 0.5) is 5.69 Å². The standard InChI is InChI=1S/C28H23BrCl2N2O5/c1-14-6-5-9-18(22(14)34)21-16-10-11-17-20(24(36)33(23(17)35)15-7-3-2-4-8-15)19(16)12-27(30)25(37)32(13-29)26(38)28(21,27)31/h2-10,17,19-21,34H,11-13H2,1H3. The second-order valence-corrected chi connectivity index (χ2v) is 12.1. The van der Waals surface area contributed by atoms with Crippen LogP contribution in [0.15, 0.2) is 60.2 Å². The topological polar surface area (TPSA) is 95.0 Å². The molecule has 2 aromatic rings. The van der Waals surface area contributed by atoms with Crippen LogP contribution < -0.4 is 4.90 Å². The second kappa shape index (κ2) is 8.66. The molecule has 6 unspecified atom stereocenters. The molecule has 0 aromatic heterocycles. The normalized spacial score (nSPS) is 34.3. The Morgan fingerprint density at radius 1 is 0.974 bits per heavy atom. The van der Waals surface area contributed by atoms with Gasteiger partial charge in [0.25, 0.3) is 11.8 Å². The van der Waals surface area contributed by atoms with E-state index in [1.54, 1.807) is 55.5 Å². The van der Waals surface area contributed by atoms with Crippen LogP contribution in [0, 0.1) is 24.7 Å². The average molecular weight is 618 g/mol. The lowest BCUT2D eigenvalue weighted by atomic mass is 9.56. The molecule has 2 aliphatic carbocycles. The van der Waals surface area contributed by atoms with Crippen LogP contribution >= 0.6 is 39.1 Å². The van der Waals surface area contributed by atoms with E-state index < -0.39 is 45.2 Å². The largest absolute Gasteiger partial charge is 0.507 e. The van der Waals surface area contributed by atoms with Crippen molar-refractivity contribution >= 4 is 68.4 Å². The minimum absolute atomic E-state index is 0.0579. The van der Waals surface area contributed by atoms with Crippen molar-refractivity contribution in [3.05, 3.63) is 71.3 Å². The first kappa shape index (κ1) is 25.6. The lowest BCUT2D eigenvalue weighted by Crippen LogP contribution is -2.60. The Labute approximate surface area is 237 Å². The van der Waals surface area contributed by atoms with E-state index in [1.165, 1.54) is 4.90 Å². The fourth-order valence-corrected chi connectivity index (χ4v) is 8.26. The number of hydrogen-bond donors (Lipinski definition) is 1. The minimum atomic E-state index is -1.94.